The fraction of sp³-hybridized carbons (Fsp3) is 0.250. The molecule has 0 aliphatic carbocycles. The highest BCUT2D eigenvalue weighted by molar-refractivity contribution is 7.89. The van der Waals surface area contributed by atoms with Crippen LogP contribution in [0.15, 0.2) is 36.5 Å². The number of phenolic OH excluding ortho intramolecular Hbond substituents is 1. The second-order valence-electron chi connectivity index (χ2n) is 3.94. The minimum Gasteiger partial charge on any atom is -0.508 e. The summed E-state index contributed by atoms with van der Waals surface area (Å²) in [5.41, 5.74) is 1.20. The number of phenols is 1. The number of aromatic nitrogens is 2. The Balaban J connectivity index is 2.37. The summed E-state index contributed by atoms with van der Waals surface area (Å²) in [7, 11) is -3.36. The number of aromatic hydroxyl groups is 1. The van der Waals surface area contributed by atoms with Crippen LogP contribution in [0.4, 0.5) is 0 Å². The zero-order valence-corrected chi connectivity index (χ0v) is 10.8. The van der Waals surface area contributed by atoms with Crippen LogP contribution < -0.4 is 0 Å². The van der Waals surface area contributed by atoms with Crippen molar-refractivity contribution in [2.24, 2.45) is 0 Å². The van der Waals surface area contributed by atoms with Crippen LogP contribution in [0, 0.1) is 0 Å². The molecule has 6 heteroatoms. The Kier molecular flexibility index (Phi) is 3.38. The summed E-state index contributed by atoms with van der Waals surface area (Å²) in [6.07, 6.45) is 1.97. The summed E-state index contributed by atoms with van der Waals surface area (Å²) in [6.45, 7) is 1.80. The molecule has 0 radical (unpaired) electrons. The predicted octanol–water partition coefficient (Wildman–Crippen LogP) is 1.84. The maximum absolute atomic E-state index is 11.8. The lowest BCUT2D eigenvalue weighted by Gasteiger charge is -2.01. The van der Waals surface area contributed by atoms with Crippen LogP contribution in [-0.2, 0) is 10.0 Å². The maximum atomic E-state index is 11.8. The van der Waals surface area contributed by atoms with E-state index in [4.69, 9.17) is 0 Å². The van der Waals surface area contributed by atoms with Crippen LogP contribution in [0.3, 0.4) is 0 Å². The molecule has 0 saturated carbocycles. The van der Waals surface area contributed by atoms with Gasteiger partial charge in [-0.2, -0.15) is 9.19 Å². The van der Waals surface area contributed by atoms with Crippen molar-refractivity contribution in [1.29, 1.82) is 0 Å². The number of rotatable bonds is 4. The van der Waals surface area contributed by atoms with E-state index in [1.54, 1.807) is 37.3 Å². The lowest BCUT2D eigenvalue weighted by atomic mass is 10.1. The van der Waals surface area contributed by atoms with E-state index in [-0.39, 0.29) is 11.5 Å². The molecule has 1 aromatic heterocycles. The van der Waals surface area contributed by atoms with Gasteiger partial charge in [0.25, 0.3) is 10.0 Å². The number of nitrogens with zero attached hydrogens (tertiary/aromatic N) is 2. The van der Waals surface area contributed by atoms with E-state index in [2.05, 4.69) is 5.10 Å². The second kappa shape index (κ2) is 4.81. The van der Waals surface area contributed by atoms with Gasteiger partial charge in [-0.15, -0.1) is 0 Å². The molecule has 0 fully saturated rings. The van der Waals surface area contributed by atoms with Crippen molar-refractivity contribution < 1.29 is 13.5 Å². The topological polar surface area (TPSA) is 72.2 Å². The van der Waals surface area contributed by atoms with Crippen molar-refractivity contribution in [2.45, 2.75) is 13.3 Å². The highest BCUT2D eigenvalue weighted by atomic mass is 32.2. The van der Waals surface area contributed by atoms with E-state index >= 15 is 0 Å². The maximum Gasteiger partial charge on any atom is 0.253 e. The first-order valence-electron chi connectivity index (χ1n) is 5.61. The Bertz CT molecular complexity index is 647. The van der Waals surface area contributed by atoms with Crippen molar-refractivity contribution in [1.82, 2.24) is 9.19 Å². The molecule has 0 bridgehead atoms. The van der Waals surface area contributed by atoms with Gasteiger partial charge in [-0.05, 0) is 24.6 Å². The predicted molar refractivity (Wildman–Crippen MR) is 68.8 cm³/mol. The zero-order valence-electron chi connectivity index (χ0n) is 9.94. The lowest BCUT2D eigenvalue weighted by molar-refractivity contribution is 0.475. The normalized spacial score (nSPS) is 11.6. The van der Waals surface area contributed by atoms with Crippen LogP contribution in [0.2, 0.25) is 0 Å². The first-order chi connectivity index (χ1) is 8.53. The molecule has 0 unspecified atom stereocenters. The quantitative estimate of drug-likeness (QED) is 0.916. The highest BCUT2D eigenvalue weighted by Crippen LogP contribution is 2.21. The molecule has 18 heavy (non-hydrogen) atoms. The van der Waals surface area contributed by atoms with E-state index in [1.165, 1.54) is 6.20 Å². The monoisotopic (exact) mass is 266 g/mol. The first kappa shape index (κ1) is 12.6. The van der Waals surface area contributed by atoms with Gasteiger partial charge in [-0.25, -0.2) is 8.42 Å². The second-order valence-corrected chi connectivity index (χ2v) is 5.89. The SMILES string of the molecule is CCCS(=O)(=O)n1ccc(-c2cccc(O)c2)n1. The Morgan fingerprint density at radius 3 is 2.78 bits per heavy atom. The fourth-order valence-electron chi connectivity index (χ4n) is 1.63. The molecule has 96 valence electrons. The molecule has 1 aromatic carbocycles. The summed E-state index contributed by atoms with van der Waals surface area (Å²) < 4.78 is 24.6. The Labute approximate surface area is 106 Å². The van der Waals surface area contributed by atoms with Gasteiger partial charge in [0.2, 0.25) is 0 Å². The molecule has 2 aromatic rings. The third kappa shape index (κ3) is 2.53. The summed E-state index contributed by atoms with van der Waals surface area (Å²) in [6, 6.07) is 8.15. The van der Waals surface area contributed by atoms with Gasteiger partial charge in [0.05, 0.1) is 11.4 Å². The van der Waals surface area contributed by atoms with Gasteiger partial charge >= 0.3 is 0 Å². The van der Waals surface area contributed by atoms with Crippen molar-refractivity contribution >= 4 is 10.0 Å². The standard InChI is InChI=1S/C12H14N2O3S/c1-2-8-18(16,17)14-7-6-12(13-14)10-4-3-5-11(15)9-10/h3-7,9,15H,2,8H2,1H3. The van der Waals surface area contributed by atoms with Crippen molar-refractivity contribution in [2.75, 3.05) is 5.75 Å². The van der Waals surface area contributed by atoms with E-state index in [0.717, 1.165) is 4.09 Å². The molecule has 0 aliphatic heterocycles. The van der Waals surface area contributed by atoms with Crippen LogP contribution >= 0.6 is 0 Å². The Morgan fingerprint density at radius 1 is 1.33 bits per heavy atom. The van der Waals surface area contributed by atoms with E-state index in [0.29, 0.717) is 17.7 Å². The van der Waals surface area contributed by atoms with Crippen LogP contribution in [-0.4, -0.2) is 28.5 Å². The zero-order chi connectivity index (χ0) is 13.2. The average molecular weight is 266 g/mol. The van der Waals surface area contributed by atoms with Gasteiger partial charge in [0.15, 0.2) is 0 Å². The number of hydrogen-bond donors (Lipinski definition) is 1. The van der Waals surface area contributed by atoms with Gasteiger partial charge < -0.3 is 5.11 Å². The van der Waals surface area contributed by atoms with Gasteiger partial charge in [0, 0.05) is 11.8 Å². The molecule has 0 saturated heterocycles. The summed E-state index contributed by atoms with van der Waals surface area (Å²) >= 11 is 0. The lowest BCUT2D eigenvalue weighted by Crippen LogP contribution is -2.16. The smallest absolute Gasteiger partial charge is 0.253 e. The largest absolute Gasteiger partial charge is 0.508 e. The number of benzene rings is 1. The molecule has 5 nitrogen and oxygen atoms in total. The summed E-state index contributed by atoms with van der Waals surface area (Å²) in [4.78, 5) is 0. The van der Waals surface area contributed by atoms with Crippen molar-refractivity contribution in [3.63, 3.8) is 0 Å². The van der Waals surface area contributed by atoms with Crippen molar-refractivity contribution in [3.8, 4) is 17.0 Å². The molecule has 0 spiro atoms. The summed E-state index contributed by atoms with van der Waals surface area (Å²) in [5.74, 6) is 0.187. The molecule has 1 N–H and O–H groups in total. The van der Waals surface area contributed by atoms with E-state index in [9.17, 15) is 13.5 Å². The van der Waals surface area contributed by atoms with Crippen molar-refractivity contribution in [3.05, 3.63) is 36.5 Å². The van der Waals surface area contributed by atoms with E-state index in [1.807, 2.05) is 0 Å². The third-order valence-corrected chi connectivity index (χ3v) is 4.15. The molecule has 0 amide bonds. The minimum absolute atomic E-state index is 0.0637. The van der Waals surface area contributed by atoms with E-state index < -0.39 is 10.0 Å². The molecule has 0 atom stereocenters. The fourth-order valence-corrected chi connectivity index (χ4v) is 2.79. The van der Waals surface area contributed by atoms with Gasteiger partial charge in [-0.3, -0.25) is 0 Å². The average Bonchev–Trinajstić information content (AvgIpc) is 2.78. The minimum atomic E-state index is -3.36. The molecule has 1 heterocycles. The summed E-state index contributed by atoms with van der Waals surface area (Å²) in [5, 5.41) is 13.4. The molecular formula is C12H14N2O3S. The number of hydrogen-bond acceptors (Lipinski definition) is 4. The highest BCUT2D eigenvalue weighted by Gasteiger charge is 2.14. The molecule has 2 rings (SSSR count). The Hall–Kier alpha value is -1.82. The first-order valence-corrected chi connectivity index (χ1v) is 7.22. The molecular weight excluding hydrogens is 252 g/mol. The third-order valence-electron chi connectivity index (χ3n) is 2.46. The van der Waals surface area contributed by atoms with Gasteiger partial charge in [0.1, 0.15) is 5.75 Å². The Morgan fingerprint density at radius 2 is 2.11 bits per heavy atom. The van der Waals surface area contributed by atoms with Gasteiger partial charge in [-0.1, -0.05) is 19.1 Å². The molecule has 0 aliphatic rings. The van der Waals surface area contributed by atoms with Crippen LogP contribution in [0.1, 0.15) is 13.3 Å². The van der Waals surface area contributed by atoms with Crippen LogP contribution in [0.25, 0.3) is 11.3 Å². The van der Waals surface area contributed by atoms with Crippen LogP contribution in [0.5, 0.6) is 5.75 Å².